The van der Waals surface area contributed by atoms with Crippen LogP contribution >= 0.6 is 0 Å². The van der Waals surface area contributed by atoms with E-state index >= 15 is 0 Å². The molecule has 0 aromatic heterocycles. The molecule has 106 valence electrons. The van der Waals surface area contributed by atoms with Crippen molar-refractivity contribution in [2.24, 2.45) is 17.8 Å². The van der Waals surface area contributed by atoms with Gasteiger partial charge in [-0.3, -0.25) is 4.79 Å². The van der Waals surface area contributed by atoms with Gasteiger partial charge in [-0.2, -0.15) is 0 Å². The lowest BCUT2D eigenvalue weighted by molar-refractivity contribution is -0.117. The Hall–Kier alpha value is -1.77. The molecule has 0 aliphatic heterocycles. The first-order chi connectivity index (χ1) is 9.79. The normalized spacial score (nSPS) is 29.6. The van der Waals surface area contributed by atoms with Crippen molar-refractivity contribution in [2.45, 2.75) is 25.7 Å². The van der Waals surface area contributed by atoms with Gasteiger partial charge < -0.3 is 10.1 Å². The van der Waals surface area contributed by atoms with Crippen LogP contribution in [-0.4, -0.2) is 13.0 Å². The number of methoxy groups -OCH3 is 1. The average Bonchev–Trinajstić information content (AvgIpc) is 3.10. The number of nitrogens with one attached hydrogen (secondary N) is 1. The predicted molar refractivity (Wildman–Crippen MR) is 79.7 cm³/mol. The van der Waals surface area contributed by atoms with E-state index in [1.54, 1.807) is 7.11 Å². The molecule has 0 saturated heterocycles. The number of anilines is 1. The Bertz CT molecular complexity index is 507. The summed E-state index contributed by atoms with van der Waals surface area (Å²) in [6.07, 6.45) is 9.04. The van der Waals surface area contributed by atoms with Crippen molar-refractivity contribution in [2.75, 3.05) is 12.4 Å². The number of amides is 1. The molecule has 1 amide bonds. The topological polar surface area (TPSA) is 38.3 Å². The van der Waals surface area contributed by atoms with Crippen LogP contribution in [0.25, 0.3) is 0 Å². The zero-order valence-electron chi connectivity index (χ0n) is 11.8. The molecule has 0 radical (unpaired) electrons. The van der Waals surface area contributed by atoms with Gasteiger partial charge >= 0.3 is 0 Å². The molecule has 1 unspecified atom stereocenters. The van der Waals surface area contributed by atoms with Crippen molar-refractivity contribution in [1.82, 2.24) is 0 Å². The largest absolute Gasteiger partial charge is 0.497 e. The summed E-state index contributed by atoms with van der Waals surface area (Å²) in [6.45, 7) is 0. The number of carbonyl (C=O) groups excluding carboxylic acids is 1. The molecule has 1 aromatic carbocycles. The van der Waals surface area contributed by atoms with Crippen LogP contribution in [-0.2, 0) is 4.79 Å². The van der Waals surface area contributed by atoms with Crippen molar-refractivity contribution in [3.63, 3.8) is 0 Å². The molecule has 3 heteroatoms. The molecule has 2 aliphatic rings. The van der Waals surface area contributed by atoms with Gasteiger partial charge in [-0.15, -0.1) is 0 Å². The van der Waals surface area contributed by atoms with E-state index in [1.807, 2.05) is 24.3 Å². The smallest absolute Gasteiger partial charge is 0.228 e. The van der Waals surface area contributed by atoms with Gasteiger partial charge in [-0.05, 0) is 49.7 Å². The van der Waals surface area contributed by atoms with Crippen LogP contribution in [0.4, 0.5) is 5.69 Å². The Morgan fingerprint density at radius 3 is 2.55 bits per heavy atom. The number of allylic oxidation sites excluding steroid dienone is 2. The molecule has 3 nitrogen and oxygen atoms in total. The van der Waals surface area contributed by atoms with Crippen molar-refractivity contribution < 1.29 is 9.53 Å². The average molecular weight is 271 g/mol. The molecular formula is C17H21NO2. The second kappa shape index (κ2) is 5.70. The molecule has 20 heavy (non-hydrogen) atoms. The fraction of sp³-hybridized carbons (Fsp3) is 0.471. The molecule has 1 fully saturated rings. The molecule has 3 rings (SSSR count). The van der Waals surface area contributed by atoms with E-state index < -0.39 is 0 Å². The third-order valence-corrected chi connectivity index (χ3v) is 4.47. The number of benzene rings is 1. The maximum Gasteiger partial charge on any atom is 0.228 e. The fourth-order valence-electron chi connectivity index (χ4n) is 3.36. The highest BCUT2D eigenvalue weighted by molar-refractivity contribution is 5.95. The van der Waals surface area contributed by atoms with Crippen LogP contribution in [0.15, 0.2) is 36.4 Å². The van der Waals surface area contributed by atoms with E-state index in [0.29, 0.717) is 11.8 Å². The predicted octanol–water partition coefficient (Wildman–Crippen LogP) is 3.63. The molecule has 0 bridgehead atoms. The molecule has 3 atom stereocenters. The Balaban J connectivity index is 1.62. The van der Waals surface area contributed by atoms with E-state index in [9.17, 15) is 4.79 Å². The van der Waals surface area contributed by atoms with Crippen LogP contribution in [0.5, 0.6) is 5.75 Å². The van der Waals surface area contributed by atoms with Crippen LogP contribution < -0.4 is 10.1 Å². The summed E-state index contributed by atoms with van der Waals surface area (Å²) in [4.78, 5) is 12.4. The quantitative estimate of drug-likeness (QED) is 0.853. The Morgan fingerprint density at radius 1 is 1.20 bits per heavy atom. The molecule has 2 aliphatic carbocycles. The number of fused-ring (bicyclic) bond motifs is 1. The fourth-order valence-corrected chi connectivity index (χ4v) is 3.36. The number of hydrogen-bond acceptors (Lipinski definition) is 2. The van der Waals surface area contributed by atoms with E-state index in [4.69, 9.17) is 4.74 Å². The first kappa shape index (κ1) is 13.2. The van der Waals surface area contributed by atoms with Crippen molar-refractivity contribution in [3.05, 3.63) is 36.4 Å². The summed E-state index contributed by atoms with van der Waals surface area (Å²) < 4.78 is 5.18. The first-order valence-corrected chi connectivity index (χ1v) is 7.39. The number of hydrogen-bond donors (Lipinski definition) is 1. The molecule has 0 heterocycles. The molecular weight excluding hydrogens is 250 g/mol. The second-order valence-electron chi connectivity index (χ2n) is 5.70. The van der Waals surface area contributed by atoms with Gasteiger partial charge in [-0.1, -0.05) is 18.2 Å². The van der Waals surface area contributed by atoms with E-state index in [2.05, 4.69) is 17.5 Å². The Labute approximate surface area is 120 Å². The summed E-state index contributed by atoms with van der Waals surface area (Å²) in [5, 5.41) is 3.04. The van der Waals surface area contributed by atoms with Gasteiger partial charge in [0.2, 0.25) is 5.91 Å². The van der Waals surface area contributed by atoms with Crippen LogP contribution in [0.2, 0.25) is 0 Å². The van der Waals surface area contributed by atoms with E-state index in [-0.39, 0.29) is 11.8 Å². The lowest BCUT2D eigenvalue weighted by Gasteiger charge is -2.06. The minimum absolute atomic E-state index is 0.176. The summed E-state index contributed by atoms with van der Waals surface area (Å²) in [6, 6.07) is 7.55. The standard InChI is InChI=1S/C17H21NO2/c1-20-13-8-6-7-12(11-13)18-17(19)16-14-9-4-2-3-5-10-15(14)16/h2-3,6-8,11,14-16H,4-5,9-10H2,1H3,(H,18,19)/b3-2+/t14-,15+,16?. The van der Waals surface area contributed by atoms with Gasteiger partial charge in [0.1, 0.15) is 5.75 Å². The summed E-state index contributed by atoms with van der Waals surface area (Å²) >= 11 is 0. The van der Waals surface area contributed by atoms with E-state index in [0.717, 1.165) is 37.1 Å². The maximum absolute atomic E-state index is 12.4. The number of rotatable bonds is 3. The summed E-state index contributed by atoms with van der Waals surface area (Å²) in [7, 11) is 1.64. The number of ether oxygens (including phenoxy) is 1. The molecule has 1 saturated carbocycles. The second-order valence-corrected chi connectivity index (χ2v) is 5.70. The lowest BCUT2D eigenvalue weighted by atomic mass is 10.1. The molecule has 0 spiro atoms. The highest BCUT2D eigenvalue weighted by atomic mass is 16.5. The van der Waals surface area contributed by atoms with Crippen LogP contribution in [0, 0.1) is 17.8 Å². The van der Waals surface area contributed by atoms with Gasteiger partial charge in [0.05, 0.1) is 7.11 Å². The van der Waals surface area contributed by atoms with Crippen LogP contribution in [0.1, 0.15) is 25.7 Å². The van der Waals surface area contributed by atoms with Crippen molar-refractivity contribution in [1.29, 1.82) is 0 Å². The first-order valence-electron chi connectivity index (χ1n) is 7.39. The molecule has 1 aromatic rings. The highest BCUT2D eigenvalue weighted by Gasteiger charge is 2.53. The highest BCUT2D eigenvalue weighted by Crippen LogP contribution is 2.53. The zero-order valence-corrected chi connectivity index (χ0v) is 11.8. The van der Waals surface area contributed by atoms with Gasteiger partial charge in [-0.25, -0.2) is 0 Å². The zero-order chi connectivity index (χ0) is 13.9. The third-order valence-electron chi connectivity index (χ3n) is 4.47. The van der Waals surface area contributed by atoms with Crippen molar-refractivity contribution >= 4 is 11.6 Å². The third kappa shape index (κ3) is 2.72. The van der Waals surface area contributed by atoms with Gasteiger partial charge in [0.25, 0.3) is 0 Å². The van der Waals surface area contributed by atoms with E-state index in [1.165, 1.54) is 0 Å². The number of carbonyl (C=O) groups is 1. The van der Waals surface area contributed by atoms with Gasteiger partial charge in [0.15, 0.2) is 0 Å². The minimum atomic E-state index is 0.176. The summed E-state index contributed by atoms with van der Waals surface area (Å²) in [5.41, 5.74) is 0.826. The monoisotopic (exact) mass is 271 g/mol. The molecule has 1 N–H and O–H groups in total. The van der Waals surface area contributed by atoms with Gasteiger partial charge in [0, 0.05) is 17.7 Å². The Kier molecular flexibility index (Phi) is 3.77. The lowest BCUT2D eigenvalue weighted by Crippen LogP contribution is -2.15. The minimum Gasteiger partial charge on any atom is -0.497 e. The Morgan fingerprint density at radius 2 is 1.90 bits per heavy atom. The van der Waals surface area contributed by atoms with Crippen molar-refractivity contribution in [3.8, 4) is 5.75 Å². The maximum atomic E-state index is 12.4. The summed E-state index contributed by atoms with van der Waals surface area (Å²) in [5.74, 6) is 2.33. The van der Waals surface area contributed by atoms with Crippen LogP contribution in [0.3, 0.4) is 0 Å². The SMILES string of the molecule is COc1cccc(NC(=O)C2[C@H]3CC/C=C/CC[C@@H]23)c1.